The first-order chi connectivity index (χ1) is 17.1. The molecule has 0 aromatic heterocycles. The number of halogens is 3. The van der Waals surface area contributed by atoms with E-state index in [1.54, 1.807) is 44.2 Å². The molecule has 36 heavy (non-hydrogen) atoms. The Kier molecular flexibility index (Phi) is 8.86. The van der Waals surface area contributed by atoms with Crippen LogP contribution >= 0.6 is 0 Å². The van der Waals surface area contributed by atoms with Gasteiger partial charge in [0.15, 0.2) is 10.6 Å². The first-order valence-corrected chi connectivity index (χ1v) is 12.6. The van der Waals surface area contributed by atoms with Crippen molar-refractivity contribution >= 4 is 23.1 Å². The van der Waals surface area contributed by atoms with E-state index in [4.69, 9.17) is 9.47 Å². The quantitative estimate of drug-likeness (QED) is 0.395. The Bertz CT molecular complexity index is 1180. The average Bonchev–Trinajstić information content (AvgIpc) is 2.83. The fraction of sp³-hybridized carbons (Fsp3) is 0.308. The van der Waals surface area contributed by atoms with Gasteiger partial charge >= 0.3 is 18.1 Å². The molecule has 2 atom stereocenters. The molecule has 1 aliphatic rings. The Hall–Kier alpha value is -3.24. The molecule has 0 radical (unpaired) electrons. The topological polar surface area (TPSA) is 87.7 Å². The summed E-state index contributed by atoms with van der Waals surface area (Å²) in [5, 5.41) is 2.94. The molecule has 2 aromatic carbocycles. The lowest BCUT2D eigenvalue weighted by Gasteiger charge is -2.32. The van der Waals surface area contributed by atoms with Crippen molar-refractivity contribution in [2.24, 2.45) is 0 Å². The summed E-state index contributed by atoms with van der Waals surface area (Å²) in [7, 11) is 0. The Morgan fingerprint density at radius 1 is 0.944 bits per heavy atom. The third-order valence-corrected chi connectivity index (χ3v) is 6.84. The molecule has 2 aromatic rings. The van der Waals surface area contributed by atoms with Gasteiger partial charge < -0.3 is 19.3 Å². The smallest absolute Gasteiger partial charge is 0.416 e. The maximum Gasteiger partial charge on any atom is 0.416 e. The molecule has 1 aliphatic heterocycles. The number of benzene rings is 2. The summed E-state index contributed by atoms with van der Waals surface area (Å²) >= 11 is -1.65. The number of dihydropyridines is 1. The van der Waals surface area contributed by atoms with Crippen LogP contribution in [0.2, 0.25) is 0 Å². The molecule has 0 amide bonds. The summed E-state index contributed by atoms with van der Waals surface area (Å²) in [4.78, 5) is 26.7. The Balaban J connectivity index is 2.27. The lowest BCUT2D eigenvalue weighted by Crippen LogP contribution is -2.36. The second-order valence-electron chi connectivity index (χ2n) is 7.82. The zero-order valence-electron chi connectivity index (χ0n) is 20.0. The lowest BCUT2D eigenvalue weighted by atomic mass is 9.78. The van der Waals surface area contributed by atoms with Crippen LogP contribution in [-0.2, 0) is 36.4 Å². The van der Waals surface area contributed by atoms with Crippen LogP contribution in [0.25, 0.3) is 0 Å². The number of hydrogen-bond donors (Lipinski definition) is 1. The van der Waals surface area contributed by atoms with Crippen LogP contribution in [0.4, 0.5) is 13.2 Å². The monoisotopic (exact) mass is 521 g/mol. The molecule has 0 saturated carbocycles. The van der Waals surface area contributed by atoms with Gasteiger partial charge in [0.05, 0.1) is 41.5 Å². The maximum atomic E-state index is 14.1. The van der Waals surface area contributed by atoms with Gasteiger partial charge in [0.25, 0.3) is 0 Å². The van der Waals surface area contributed by atoms with Gasteiger partial charge in [0.2, 0.25) is 0 Å². The van der Waals surface area contributed by atoms with Gasteiger partial charge in [-0.3, -0.25) is 0 Å². The van der Waals surface area contributed by atoms with Crippen molar-refractivity contribution in [1.82, 2.24) is 5.32 Å². The molecule has 192 valence electrons. The second kappa shape index (κ2) is 11.7. The lowest BCUT2D eigenvalue weighted by molar-refractivity contribution is -0.142. The Morgan fingerprint density at radius 3 is 2.08 bits per heavy atom. The van der Waals surface area contributed by atoms with Gasteiger partial charge in [0, 0.05) is 5.70 Å². The van der Waals surface area contributed by atoms with Gasteiger partial charge in [-0.05, 0) is 55.7 Å². The molecule has 0 saturated heterocycles. The number of alkyl halides is 3. The van der Waals surface area contributed by atoms with E-state index < -0.39 is 40.8 Å². The minimum absolute atomic E-state index is 0.0212. The van der Waals surface area contributed by atoms with Crippen LogP contribution < -0.4 is 5.32 Å². The van der Waals surface area contributed by atoms with Crippen LogP contribution in [0, 0.1) is 0 Å². The van der Waals surface area contributed by atoms with Crippen LogP contribution in [-0.4, -0.2) is 35.5 Å². The summed E-state index contributed by atoms with van der Waals surface area (Å²) in [6.07, 6.45) is -4.76. The molecule has 2 unspecified atom stereocenters. The first-order valence-electron chi connectivity index (χ1n) is 11.2. The van der Waals surface area contributed by atoms with Gasteiger partial charge in [-0.2, -0.15) is 13.2 Å². The van der Waals surface area contributed by atoms with Crippen molar-refractivity contribution in [3.05, 3.63) is 88.3 Å². The number of rotatable bonds is 8. The van der Waals surface area contributed by atoms with Crippen molar-refractivity contribution in [2.75, 3.05) is 19.0 Å². The van der Waals surface area contributed by atoms with E-state index in [2.05, 4.69) is 5.32 Å². The fourth-order valence-electron chi connectivity index (χ4n) is 4.04. The minimum atomic E-state index is -4.76. The standard InChI is InChI=1S/C26H26F3NO5S/c1-4-34-24(31)21-16(3)30-20(15-36(33)17-11-7-6-8-12-17)23(25(32)35-5-2)22(21)18-13-9-10-14-19(18)26(27,28)29/h6-14,22,30H,4-5,15H2,1-3H3. The minimum Gasteiger partial charge on any atom is -0.611 e. The SMILES string of the molecule is CCOC(=O)C1=C(C)NC(C[S+]([O-])c2ccccc2)=C(C(=O)OCC)C1c1ccccc1C(F)(F)F. The third kappa shape index (κ3) is 5.93. The zero-order chi connectivity index (χ0) is 26.5. The van der Waals surface area contributed by atoms with Crippen molar-refractivity contribution < 1.29 is 36.8 Å². The highest BCUT2D eigenvalue weighted by atomic mass is 32.2. The predicted molar refractivity (Wildman–Crippen MR) is 128 cm³/mol. The van der Waals surface area contributed by atoms with Crippen LogP contribution in [0.1, 0.15) is 37.8 Å². The number of carbonyl (C=O) groups is 2. The number of carbonyl (C=O) groups excluding carboxylic acids is 2. The third-order valence-electron chi connectivity index (χ3n) is 5.49. The van der Waals surface area contributed by atoms with E-state index in [9.17, 15) is 27.3 Å². The largest absolute Gasteiger partial charge is 0.611 e. The highest BCUT2D eigenvalue weighted by Gasteiger charge is 2.44. The summed E-state index contributed by atoms with van der Waals surface area (Å²) in [6, 6.07) is 13.2. The van der Waals surface area contributed by atoms with Crippen molar-refractivity contribution in [1.29, 1.82) is 0 Å². The molecular formula is C26H26F3NO5S. The van der Waals surface area contributed by atoms with Crippen molar-refractivity contribution in [2.45, 2.75) is 37.8 Å². The molecule has 10 heteroatoms. The summed E-state index contributed by atoms with van der Waals surface area (Å²) in [5.41, 5.74) is -1.36. The Labute approximate surface area is 210 Å². The molecule has 0 aliphatic carbocycles. The second-order valence-corrected chi connectivity index (χ2v) is 9.27. The number of hydrogen-bond acceptors (Lipinski definition) is 6. The number of allylic oxidation sites excluding steroid dienone is 1. The van der Waals surface area contributed by atoms with Crippen molar-refractivity contribution in [3.8, 4) is 0 Å². The van der Waals surface area contributed by atoms with Crippen LogP contribution in [0.5, 0.6) is 0 Å². The van der Waals surface area contributed by atoms with Crippen LogP contribution in [0.15, 0.2) is 82.0 Å². The van der Waals surface area contributed by atoms with E-state index in [-0.39, 0.29) is 47.1 Å². The highest BCUT2D eigenvalue weighted by molar-refractivity contribution is 7.91. The normalized spacial score (nSPS) is 16.9. The number of esters is 2. The molecule has 6 nitrogen and oxygen atoms in total. The summed E-state index contributed by atoms with van der Waals surface area (Å²) in [5.74, 6) is -3.45. The average molecular weight is 522 g/mol. The molecule has 0 spiro atoms. The van der Waals surface area contributed by atoms with Gasteiger partial charge in [-0.1, -0.05) is 36.4 Å². The Morgan fingerprint density at radius 2 is 1.50 bits per heavy atom. The van der Waals surface area contributed by atoms with Crippen LogP contribution in [0.3, 0.4) is 0 Å². The van der Waals surface area contributed by atoms with E-state index in [0.717, 1.165) is 6.07 Å². The fourth-order valence-corrected chi connectivity index (χ4v) is 5.16. The zero-order valence-corrected chi connectivity index (χ0v) is 20.8. The molecule has 3 rings (SSSR count). The molecule has 0 fully saturated rings. The van der Waals surface area contributed by atoms with E-state index in [1.807, 2.05) is 0 Å². The van der Waals surface area contributed by atoms with Gasteiger partial charge in [0.1, 0.15) is 0 Å². The molecular weight excluding hydrogens is 495 g/mol. The van der Waals surface area contributed by atoms with E-state index in [0.29, 0.717) is 4.90 Å². The van der Waals surface area contributed by atoms with Gasteiger partial charge in [-0.25, -0.2) is 9.59 Å². The molecule has 1 heterocycles. The number of ether oxygens (including phenoxy) is 2. The van der Waals surface area contributed by atoms with Gasteiger partial charge in [-0.15, -0.1) is 0 Å². The molecule has 0 bridgehead atoms. The molecule has 1 N–H and O–H groups in total. The number of nitrogens with one attached hydrogen (secondary N) is 1. The summed E-state index contributed by atoms with van der Waals surface area (Å²) in [6.45, 7) is 4.56. The summed E-state index contributed by atoms with van der Waals surface area (Å²) < 4.78 is 65.6. The maximum absolute atomic E-state index is 14.1. The highest BCUT2D eigenvalue weighted by Crippen LogP contribution is 2.44. The predicted octanol–water partition coefficient (Wildman–Crippen LogP) is 4.85. The first kappa shape index (κ1) is 27.3. The van der Waals surface area contributed by atoms with Crippen molar-refractivity contribution in [3.63, 3.8) is 0 Å². The van der Waals surface area contributed by atoms with E-state index in [1.165, 1.54) is 25.1 Å². The van der Waals surface area contributed by atoms with E-state index >= 15 is 0 Å².